The normalized spacial score (nSPS) is 14.5. The number of hydrogen-bond donors (Lipinski definition) is 1. The van der Waals surface area contributed by atoms with Crippen molar-refractivity contribution in [2.75, 3.05) is 30.2 Å². The molecule has 1 fully saturated rings. The van der Waals surface area contributed by atoms with E-state index in [1.165, 1.54) is 42.1 Å². The molecule has 174 valence electrons. The summed E-state index contributed by atoms with van der Waals surface area (Å²) in [5, 5.41) is 3.40. The van der Waals surface area contributed by atoms with Crippen molar-refractivity contribution in [3.8, 4) is 0 Å². The number of hydrogen-bond acceptors (Lipinski definition) is 4. The molecule has 0 unspecified atom stereocenters. The fourth-order valence-corrected chi connectivity index (χ4v) is 5.13. The Balaban J connectivity index is 1.47. The number of nitrogens with one attached hydrogen (secondary N) is 1. The minimum atomic E-state index is -3.48. The van der Waals surface area contributed by atoms with Crippen molar-refractivity contribution in [1.82, 2.24) is 10.2 Å². The summed E-state index contributed by atoms with van der Waals surface area (Å²) in [6, 6.07) is 13.5. The van der Waals surface area contributed by atoms with Gasteiger partial charge < -0.3 is 5.32 Å². The molecule has 0 atom stereocenters. The van der Waals surface area contributed by atoms with Crippen molar-refractivity contribution in [3.05, 3.63) is 64.2 Å². The van der Waals surface area contributed by atoms with Crippen LogP contribution in [0.3, 0.4) is 0 Å². The number of aryl methyl sites for hydroxylation is 1. The molecule has 0 bridgehead atoms. The van der Waals surface area contributed by atoms with Gasteiger partial charge in [-0.05, 0) is 68.1 Å². The van der Waals surface area contributed by atoms with Gasteiger partial charge in [0.1, 0.15) is 0 Å². The molecule has 0 aliphatic carbocycles. The van der Waals surface area contributed by atoms with Crippen LogP contribution in [-0.4, -0.2) is 45.1 Å². The number of anilines is 1. The van der Waals surface area contributed by atoms with Crippen molar-refractivity contribution < 1.29 is 13.2 Å². The first-order valence-corrected chi connectivity index (χ1v) is 13.3. The summed E-state index contributed by atoms with van der Waals surface area (Å²) in [7, 11) is -3.48. The van der Waals surface area contributed by atoms with Crippen LogP contribution in [0.2, 0.25) is 5.02 Å². The van der Waals surface area contributed by atoms with Crippen LogP contribution in [0.25, 0.3) is 0 Å². The Morgan fingerprint density at radius 1 is 1.09 bits per heavy atom. The van der Waals surface area contributed by atoms with Gasteiger partial charge in [0.2, 0.25) is 15.9 Å². The number of amides is 1. The Bertz CT molecular complexity index is 1020. The molecule has 1 aliphatic rings. The smallest absolute Gasteiger partial charge is 0.232 e. The highest BCUT2D eigenvalue weighted by Crippen LogP contribution is 2.26. The van der Waals surface area contributed by atoms with Crippen molar-refractivity contribution in [2.24, 2.45) is 0 Å². The maximum absolute atomic E-state index is 12.3. The second-order valence-corrected chi connectivity index (χ2v) is 10.8. The fourth-order valence-electron chi connectivity index (χ4n) is 3.95. The van der Waals surface area contributed by atoms with Crippen LogP contribution in [0.15, 0.2) is 42.5 Å². The Morgan fingerprint density at radius 2 is 1.75 bits per heavy atom. The third kappa shape index (κ3) is 7.22. The molecule has 1 saturated heterocycles. The van der Waals surface area contributed by atoms with Gasteiger partial charge in [0, 0.05) is 31.1 Å². The van der Waals surface area contributed by atoms with Crippen LogP contribution in [-0.2, 0) is 27.9 Å². The van der Waals surface area contributed by atoms with E-state index in [1.807, 2.05) is 6.92 Å². The molecular formula is C24H32ClN3O3S. The Kier molecular flexibility index (Phi) is 8.57. The van der Waals surface area contributed by atoms with Gasteiger partial charge in [-0.15, -0.1) is 0 Å². The molecule has 1 N–H and O–H groups in total. The summed E-state index contributed by atoms with van der Waals surface area (Å²) in [5.74, 6) is -0.0950. The number of halogens is 1. The molecule has 1 heterocycles. The van der Waals surface area contributed by atoms with Gasteiger partial charge in [0.25, 0.3) is 0 Å². The third-order valence-electron chi connectivity index (χ3n) is 5.72. The SMILES string of the molecule is Cc1ccc(Cl)cc1N(CCCC(=O)NCc1ccc(CN2CCCC2)cc1)S(C)(=O)=O. The minimum Gasteiger partial charge on any atom is -0.352 e. The number of likely N-dealkylation sites (tertiary alicyclic amines) is 1. The topological polar surface area (TPSA) is 69.7 Å². The van der Waals surface area contributed by atoms with Crippen LogP contribution in [0.4, 0.5) is 5.69 Å². The summed E-state index contributed by atoms with van der Waals surface area (Å²) in [6.45, 7) is 5.85. The number of sulfonamides is 1. The lowest BCUT2D eigenvalue weighted by Gasteiger charge is -2.24. The molecule has 0 saturated carbocycles. The van der Waals surface area contributed by atoms with E-state index in [2.05, 4.69) is 34.5 Å². The number of nitrogens with zero attached hydrogens (tertiary/aromatic N) is 2. The van der Waals surface area contributed by atoms with E-state index in [0.29, 0.717) is 23.7 Å². The zero-order chi connectivity index (χ0) is 23.1. The van der Waals surface area contributed by atoms with Gasteiger partial charge in [0.05, 0.1) is 11.9 Å². The van der Waals surface area contributed by atoms with Crippen LogP contribution >= 0.6 is 11.6 Å². The van der Waals surface area contributed by atoms with Gasteiger partial charge in [-0.1, -0.05) is 41.9 Å². The zero-order valence-electron chi connectivity index (χ0n) is 18.8. The monoisotopic (exact) mass is 477 g/mol. The van der Waals surface area contributed by atoms with Gasteiger partial charge in [-0.3, -0.25) is 14.0 Å². The second kappa shape index (κ2) is 11.2. The maximum Gasteiger partial charge on any atom is 0.232 e. The highest BCUT2D eigenvalue weighted by atomic mass is 35.5. The molecule has 0 spiro atoms. The third-order valence-corrected chi connectivity index (χ3v) is 7.14. The van der Waals surface area contributed by atoms with E-state index in [-0.39, 0.29) is 18.9 Å². The average Bonchev–Trinajstić information content (AvgIpc) is 3.25. The van der Waals surface area contributed by atoms with E-state index >= 15 is 0 Å². The molecule has 0 radical (unpaired) electrons. The van der Waals surface area contributed by atoms with Crippen molar-refractivity contribution in [2.45, 2.75) is 45.7 Å². The van der Waals surface area contributed by atoms with E-state index in [9.17, 15) is 13.2 Å². The van der Waals surface area contributed by atoms with Crippen LogP contribution in [0.5, 0.6) is 0 Å². The molecule has 6 nitrogen and oxygen atoms in total. The molecule has 2 aromatic carbocycles. The molecule has 8 heteroatoms. The van der Waals surface area contributed by atoms with Gasteiger partial charge in [0.15, 0.2) is 0 Å². The standard InChI is InChI=1S/C24H32ClN3O3S/c1-19-7-12-22(25)16-23(19)28(32(2,30)31)15-5-6-24(29)26-17-20-8-10-21(11-9-20)18-27-13-3-4-14-27/h7-12,16H,3-6,13-15,17-18H2,1-2H3,(H,26,29). The number of carbonyl (C=O) groups is 1. The molecular weight excluding hydrogens is 446 g/mol. The Morgan fingerprint density at radius 3 is 2.41 bits per heavy atom. The van der Waals surface area contributed by atoms with E-state index in [1.54, 1.807) is 18.2 Å². The van der Waals surface area contributed by atoms with E-state index in [4.69, 9.17) is 11.6 Å². The highest BCUT2D eigenvalue weighted by molar-refractivity contribution is 7.92. The van der Waals surface area contributed by atoms with Crippen molar-refractivity contribution in [1.29, 1.82) is 0 Å². The summed E-state index contributed by atoms with van der Waals surface area (Å²) in [5.41, 5.74) is 3.71. The Labute approximate surface area is 196 Å². The maximum atomic E-state index is 12.3. The summed E-state index contributed by atoms with van der Waals surface area (Å²) in [6.07, 6.45) is 4.40. The molecule has 1 aliphatic heterocycles. The van der Waals surface area contributed by atoms with Crippen LogP contribution in [0, 0.1) is 6.92 Å². The number of carbonyl (C=O) groups excluding carboxylic acids is 1. The highest BCUT2D eigenvalue weighted by Gasteiger charge is 2.20. The fraction of sp³-hybridized carbons (Fsp3) is 0.458. The molecule has 3 rings (SSSR count). The van der Waals surface area contributed by atoms with Gasteiger partial charge in [-0.25, -0.2) is 8.42 Å². The predicted molar refractivity (Wildman–Crippen MR) is 130 cm³/mol. The lowest BCUT2D eigenvalue weighted by atomic mass is 10.1. The summed E-state index contributed by atoms with van der Waals surface area (Å²) < 4.78 is 25.9. The summed E-state index contributed by atoms with van der Waals surface area (Å²) >= 11 is 6.06. The largest absolute Gasteiger partial charge is 0.352 e. The number of rotatable bonds is 10. The molecule has 1 amide bonds. The van der Waals surface area contributed by atoms with Crippen LogP contribution in [0.1, 0.15) is 42.4 Å². The Hall–Kier alpha value is -2.09. The molecule has 32 heavy (non-hydrogen) atoms. The lowest BCUT2D eigenvalue weighted by Crippen LogP contribution is -2.32. The zero-order valence-corrected chi connectivity index (χ0v) is 20.4. The van der Waals surface area contributed by atoms with Crippen molar-refractivity contribution >= 4 is 33.2 Å². The summed E-state index contributed by atoms with van der Waals surface area (Å²) in [4.78, 5) is 14.8. The first-order valence-electron chi connectivity index (χ1n) is 11.0. The lowest BCUT2D eigenvalue weighted by molar-refractivity contribution is -0.121. The van der Waals surface area contributed by atoms with E-state index < -0.39 is 10.0 Å². The number of benzene rings is 2. The minimum absolute atomic E-state index is 0.0950. The average molecular weight is 478 g/mol. The molecule has 0 aromatic heterocycles. The van der Waals surface area contributed by atoms with Crippen molar-refractivity contribution in [3.63, 3.8) is 0 Å². The van der Waals surface area contributed by atoms with Gasteiger partial charge >= 0.3 is 0 Å². The second-order valence-electron chi connectivity index (χ2n) is 8.45. The first-order chi connectivity index (χ1) is 15.2. The van der Waals surface area contributed by atoms with Crippen LogP contribution < -0.4 is 9.62 Å². The quantitative estimate of drug-likeness (QED) is 0.559. The predicted octanol–water partition coefficient (Wildman–Crippen LogP) is 4.11. The van der Waals surface area contributed by atoms with Gasteiger partial charge in [-0.2, -0.15) is 0 Å². The van der Waals surface area contributed by atoms with E-state index in [0.717, 1.165) is 17.7 Å². The first kappa shape index (κ1) is 24.6. The molecule has 2 aromatic rings.